The Morgan fingerprint density at radius 2 is 1.93 bits per heavy atom. The number of aromatic nitrogens is 1. The van der Waals surface area contributed by atoms with Crippen molar-refractivity contribution in [1.82, 2.24) is 14.2 Å². The second kappa shape index (κ2) is 8.68. The van der Waals surface area contributed by atoms with E-state index in [0.717, 1.165) is 24.7 Å². The van der Waals surface area contributed by atoms with E-state index in [4.69, 9.17) is 4.74 Å². The number of aromatic carboxylic acids is 1. The summed E-state index contributed by atoms with van der Waals surface area (Å²) in [5.41, 5.74) is 0.918. The van der Waals surface area contributed by atoms with E-state index in [0.29, 0.717) is 26.2 Å². The van der Waals surface area contributed by atoms with Crippen molar-refractivity contribution in [3.05, 3.63) is 53.9 Å². The van der Waals surface area contributed by atoms with Crippen LogP contribution < -0.4 is 4.74 Å². The highest BCUT2D eigenvalue weighted by Gasteiger charge is 2.31. The van der Waals surface area contributed by atoms with Crippen LogP contribution in [-0.4, -0.2) is 73.5 Å². The number of benzene rings is 1. The molecule has 2 aromatic rings. The molecule has 28 heavy (non-hydrogen) atoms. The number of sulfonamides is 1. The SMILES string of the molecule is COc1ccc(C(=O)O)cc1S(=O)(=O)N1CCN(CCc2ccccn2)CC1. The smallest absolute Gasteiger partial charge is 0.335 e. The van der Waals surface area contributed by atoms with E-state index in [1.54, 1.807) is 6.20 Å². The molecule has 0 bridgehead atoms. The molecular weight excluding hydrogens is 382 g/mol. The molecule has 2 heterocycles. The molecule has 0 amide bonds. The summed E-state index contributed by atoms with van der Waals surface area (Å²) < 4.78 is 32.6. The van der Waals surface area contributed by atoms with Gasteiger partial charge >= 0.3 is 5.97 Å². The Kier molecular flexibility index (Phi) is 6.28. The van der Waals surface area contributed by atoms with Gasteiger partial charge in [0.05, 0.1) is 12.7 Å². The van der Waals surface area contributed by atoms with Gasteiger partial charge in [0, 0.05) is 51.0 Å². The summed E-state index contributed by atoms with van der Waals surface area (Å²) in [6.45, 7) is 2.69. The van der Waals surface area contributed by atoms with E-state index in [1.165, 1.54) is 23.5 Å². The van der Waals surface area contributed by atoms with Crippen molar-refractivity contribution in [3.63, 3.8) is 0 Å². The third-order valence-corrected chi connectivity index (χ3v) is 6.69. The third kappa shape index (κ3) is 4.49. The van der Waals surface area contributed by atoms with Gasteiger partial charge in [-0.1, -0.05) is 6.07 Å². The Balaban J connectivity index is 1.68. The molecule has 150 valence electrons. The molecular formula is C19H23N3O5S. The molecule has 3 rings (SSSR count). The normalized spacial score (nSPS) is 16.0. The Morgan fingerprint density at radius 1 is 1.18 bits per heavy atom. The fourth-order valence-corrected chi connectivity index (χ4v) is 4.77. The number of carboxylic acid groups (broad SMARTS) is 1. The zero-order chi connectivity index (χ0) is 20.1. The van der Waals surface area contributed by atoms with Gasteiger partial charge in [0.2, 0.25) is 10.0 Å². The molecule has 1 aliphatic heterocycles. The van der Waals surface area contributed by atoms with Crippen molar-refractivity contribution in [3.8, 4) is 5.75 Å². The number of hydrogen-bond donors (Lipinski definition) is 1. The van der Waals surface area contributed by atoms with Crippen LogP contribution in [0, 0.1) is 0 Å². The molecule has 0 unspecified atom stereocenters. The lowest BCUT2D eigenvalue weighted by Crippen LogP contribution is -2.49. The van der Waals surface area contributed by atoms with Gasteiger partial charge in [-0.15, -0.1) is 0 Å². The van der Waals surface area contributed by atoms with Gasteiger partial charge in [0.25, 0.3) is 0 Å². The first-order valence-electron chi connectivity index (χ1n) is 8.95. The number of nitrogens with zero attached hydrogens (tertiary/aromatic N) is 3. The van der Waals surface area contributed by atoms with Gasteiger partial charge in [0.1, 0.15) is 10.6 Å². The Labute approximate surface area is 164 Å². The van der Waals surface area contributed by atoms with E-state index in [1.807, 2.05) is 18.2 Å². The standard InChI is InChI=1S/C19H23N3O5S/c1-27-17-6-5-15(19(23)24)14-18(17)28(25,26)22-12-10-21(11-13-22)9-7-16-4-2-3-8-20-16/h2-6,8,14H,7,9-13H2,1H3,(H,23,24). The highest BCUT2D eigenvalue weighted by atomic mass is 32.2. The maximum Gasteiger partial charge on any atom is 0.335 e. The van der Waals surface area contributed by atoms with E-state index in [-0.39, 0.29) is 16.2 Å². The van der Waals surface area contributed by atoms with Gasteiger partial charge in [-0.3, -0.25) is 4.98 Å². The van der Waals surface area contributed by atoms with Gasteiger partial charge in [-0.2, -0.15) is 4.31 Å². The minimum absolute atomic E-state index is 0.0895. The maximum absolute atomic E-state index is 13.1. The van der Waals surface area contributed by atoms with Crippen molar-refractivity contribution in [2.24, 2.45) is 0 Å². The first kappa shape index (κ1) is 20.2. The molecule has 0 aliphatic carbocycles. The Morgan fingerprint density at radius 3 is 2.54 bits per heavy atom. The van der Waals surface area contributed by atoms with Crippen molar-refractivity contribution in [1.29, 1.82) is 0 Å². The van der Waals surface area contributed by atoms with Crippen LogP contribution in [0.3, 0.4) is 0 Å². The summed E-state index contributed by atoms with van der Waals surface area (Å²) in [7, 11) is -2.48. The molecule has 0 spiro atoms. The second-order valence-electron chi connectivity index (χ2n) is 6.49. The number of carboxylic acids is 1. The van der Waals surface area contributed by atoms with Crippen molar-refractivity contribution in [2.75, 3.05) is 39.8 Å². The second-order valence-corrected chi connectivity index (χ2v) is 8.39. The highest BCUT2D eigenvalue weighted by Crippen LogP contribution is 2.28. The number of carbonyl (C=O) groups is 1. The number of piperazine rings is 1. The van der Waals surface area contributed by atoms with Crippen LogP contribution in [-0.2, 0) is 16.4 Å². The number of rotatable bonds is 7. The molecule has 0 atom stereocenters. The molecule has 1 aromatic carbocycles. The van der Waals surface area contributed by atoms with Crippen molar-refractivity contribution in [2.45, 2.75) is 11.3 Å². The molecule has 1 fully saturated rings. The van der Waals surface area contributed by atoms with Crippen molar-refractivity contribution >= 4 is 16.0 Å². The summed E-state index contributed by atoms with van der Waals surface area (Å²) in [6, 6.07) is 9.66. The summed E-state index contributed by atoms with van der Waals surface area (Å²) in [5, 5.41) is 9.18. The molecule has 8 nitrogen and oxygen atoms in total. The van der Waals surface area contributed by atoms with Crippen LogP contribution in [0.4, 0.5) is 0 Å². The first-order valence-corrected chi connectivity index (χ1v) is 10.4. The van der Waals surface area contributed by atoms with Gasteiger partial charge in [-0.25, -0.2) is 13.2 Å². The average Bonchev–Trinajstić information content (AvgIpc) is 2.72. The van der Waals surface area contributed by atoms with E-state index in [9.17, 15) is 18.3 Å². The minimum atomic E-state index is -3.85. The average molecular weight is 405 g/mol. The van der Waals surface area contributed by atoms with Crippen LogP contribution in [0.1, 0.15) is 16.1 Å². The molecule has 1 saturated heterocycles. The predicted molar refractivity (Wildman–Crippen MR) is 103 cm³/mol. The quantitative estimate of drug-likeness (QED) is 0.742. The van der Waals surface area contributed by atoms with Gasteiger partial charge in [-0.05, 0) is 30.3 Å². The van der Waals surface area contributed by atoms with E-state index < -0.39 is 16.0 Å². The zero-order valence-corrected chi connectivity index (χ0v) is 16.4. The summed E-state index contributed by atoms with van der Waals surface area (Å²) >= 11 is 0. The molecule has 0 radical (unpaired) electrons. The lowest BCUT2D eigenvalue weighted by Gasteiger charge is -2.34. The lowest BCUT2D eigenvalue weighted by atomic mass is 10.2. The Hall–Kier alpha value is -2.49. The van der Waals surface area contributed by atoms with E-state index >= 15 is 0 Å². The highest BCUT2D eigenvalue weighted by molar-refractivity contribution is 7.89. The number of methoxy groups -OCH3 is 1. The van der Waals surface area contributed by atoms with Crippen LogP contribution in [0.25, 0.3) is 0 Å². The fraction of sp³-hybridized carbons (Fsp3) is 0.368. The topological polar surface area (TPSA) is 100 Å². The fourth-order valence-electron chi connectivity index (χ4n) is 3.16. The van der Waals surface area contributed by atoms with E-state index in [2.05, 4.69) is 9.88 Å². The monoisotopic (exact) mass is 405 g/mol. The summed E-state index contributed by atoms with van der Waals surface area (Å²) in [5.74, 6) is -1.04. The van der Waals surface area contributed by atoms with Crippen LogP contribution >= 0.6 is 0 Å². The van der Waals surface area contributed by atoms with Gasteiger partial charge in [0.15, 0.2) is 0 Å². The number of pyridine rings is 1. The minimum Gasteiger partial charge on any atom is -0.495 e. The first-order chi connectivity index (χ1) is 13.4. The van der Waals surface area contributed by atoms with Crippen LogP contribution in [0.2, 0.25) is 0 Å². The largest absolute Gasteiger partial charge is 0.495 e. The third-order valence-electron chi connectivity index (χ3n) is 4.77. The summed E-state index contributed by atoms with van der Waals surface area (Å²) in [4.78, 5) is 17.6. The number of hydrogen-bond acceptors (Lipinski definition) is 6. The van der Waals surface area contributed by atoms with Crippen LogP contribution in [0.15, 0.2) is 47.5 Å². The molecule has 1 N–H and O–H groups in total. The molecule has 9 heteroatoms. The maximum atomic E-state index is 13.1. The lowest BCUT2D eigenvalue weighted by molar-refractivity contribution is 0.0696. The zero-order valence-electron chi connectivity index (χ0n) is 15.6. The summed E-state index contributed by atoms with van der Waals surface area (Å²) in [6.07, 6.45) is 2.57. The predicted octanol–water partition coefficient (Wildman–Crippen LogP) is 1.34. The Bertz CT molecular complexity index is 926. The molecule has 1 aliphatic rings. The number of ether oxygens (including phenoxy) is 1. The van der Waals surface area contributed by atoms with Crippen molar-refractivity contribution < 1.29 is 23.1 Å². The molecule has 1 aromatic heterocycles. The van der Waals surface area contributed by atoms with Crippen LogP contribution in [0.5, 0.6) is 5.75 Å². The molecule has 0 saturated carbocycles. The van der Waals surface area contributed by atoms with Gasteiger partial charge < -0.3 is 14.7 Å².